The molecule has 1 aromatic rings. The standard InChI is InChI=1S/C16H20ClN3O3/c1-9(2)22-16(21)20-11-4-5-12(20)7-13(6-11)23-15-10(3)14(17)18-8-19-15/h4-5,8-9,11-13H,6-7H2,1-3H3/t11-,12?,13-/m0/s1. The van der Waals surface area contributed by atoms with E-state index in [0.717, 1.165) is 5.56 Å². The van der Waals surface area contributed by atoms with Crippen LogP contribution in [0.3, 0.4) is 0 Å². The summed E-state index contributed by atoms with van der Waals surface area (Å²) < 4.78 is 11.3. The van der Waals surface area contributed by atoms with Crippen LogP contribution in [-0.2, 0) is 4.74 Å². The van der Waals surface area contributed by atoms with Crippen LogP contribution < -0.4 is 4.74 Å². The first kappa shape index (κ1) is 16.1. The van der Waals surface area contributed by atoms with E-state index < -0.39 is 0 Å². The van der Waals surface area contributed by atoms with Crippen LogP contribution >= 0.6 is 11.6 Å². The zero-order chi connectivity index (χ0) is 16.6. The number of carbonyl (C=O) groups is 1. The third-order valence-electron chi connectivity index (χ3n) is 4.08. The third kappa shape index (κ3) is 3.27. The molecule has 7 heteroatoms. The van der Waals surface area contributed by atoms with Gasteiger partial charge in [0.25, 0.3) is 0 Å². The van der Waals surface area contributed by atoms with Crippen LogP contribution in [0.2, 0.25) is 5.15 Å². The fraction of sp³-hybridized carbons (Fsp3) is 0.562. The predicted molar refractivity (Wildman–Crippen MR) is 85.6 cm³/mol. The minimum Gasteiger partial charge on any atom is -0.474 e. The van der Waals surface area contributed by atoms with Crippen molar-refractivity contribution in [3.05, 3.63) is 29.2 Å². The lowest BCUT2D eigenvalue weighted by atomic mass is 9.99. The summed E-state index contributed by atoms with van der Waals surface area (Å²) in [6.07, 6.45) is 6.51. The number of nitrogens with zero attached hydrogens (tertiary/aromatic N) is 3. The number of halogens is 1. The van der Waals surface area contributed by atoms with E-state index in [1.165, 1.54) is 6.33 Å². The average molecular weight is 338 g/mol. The Morgan fingerprint density at radius 2 is 1.96 bits per heavy atom. The number of carbonyl (C=O) groups excluding carboxylic acids is 1. The van der Waals surface area contributed by atoms with Gasteiger partial charge >= 0.3 is 6.09 Å². The van der Waals surface area contributed by atoms with E-state index in [0.29, 0.717) is 23.9 Å². The van der Waals surface area contributed by atoms with Crippen molar-refractivity contribution in [2.45, 2.75) is 57.9 Å². The van der Waals surface area contributed by atoms with E-state index in [2.05, 4.69) is 22.1 Å². The summed E-state index contributed by atoms with van der Waals surface area (Å²) >= 11 is 6.00. The van der Waals surface area contributed by atoms with Crippen LogP contribution in [0.1, 0.15) is 32.3 Å². The van der Waals surface area contributed by atoms with Crippen LogP contribution in [0.25, 0.3) is 0 Å². The minimum absolute atomic E-state index is 0.00242. The Balaban J connectivity index is 1.67. The predicted octanol–water partition coefficient (Wildman–Crippen LogP) is 3.13. The Bertz CT molecular complexity index is 619. The molecule has 2 bridgehead atoms. The Morgan fingerprint density at radius 1 is 1.30 bits per heavy atom. The summed E-state index contributed by atoms with van der Waals surface area (Å²) in [5.41, 5.74) is 0.733. The zero-order valence-electron chi connectivity index (χ0n) is 13.4. The van der Waals surface area contributed by atoms with Gasteiger partial charge in [-0.3, -0.25) is 4.90 Å². The lowest BCUT2D eigenvalue weighted by Crippen LogP contribution is -2.50. The molecule has 3 atom stereocenters. The molecule has 3 rings (SSSR count). The van der Waals surface area contributed by atoms with Crippen molar-refractivity contribution in [1.82, 2.24) is 14.9 Å². The zero-order valence-corrected chi connectivity index (χ0v) is 14.2. The maximum atomic E-state index is 12.2. The summed E-state index contributed by atoms with van der Waals surface area (Å²) in [5.74, 6) is 0.507. The van der Waals surface area contributed by atoms with Gasteiger partial charge in [-0.05, 0) is 20.8 Å². The van der Waals surface area contributed by atoms with E-state index >= 15 is 0 Å². The van der Waals surface area contributed by atoms with Gasteiger partial charge in [0, 0.05) is 18.4 Å². The molecule has 1 saturated heterocycles. The molecule has 0 spiro atoms. The number of aromatic nitrogens is 2. The third-order valence-corrected chi connectivity index (χ3v) is 4.46. The molecular weight excluding hydrogens is 318 g/mol. The summed E-state index contributed by atoms with van der Waals surface area (Å²) in [5, 5.41) is 0.397. The summed E-state index contributed by atoms with van der Waals surface area (Å²) in [6.45, 7) is 5.54. The van der Waals surface area contributed by atoms with Crippen LogP contribution in [0.15, 0.2) is 18.5 Å². The van der Waals surface area contributed by atoms with Gasteiger partial charge in [0.05, 0.1) is 18.2 Å². The van der Waals surface area contributed by atoms with Gasteiger partial charge in [-0.1, -0.05) is 23.8 Å². The Morgan fingerprint density at radius 3 is 2.57 bits per heavy atom. The number of amides is 1. The van der Waals surface area contributed by atoms with Crippen molar-refractivity contribution in [2.75, 3.05) is 0 Å². The second-order valence-electron chi connectivity index (χ2n) is 6.17. The highest BCUT2D eigenvalue weighted by atomic mass is 35.5. The monoisotopic (exact) mass is 337 g/mol. The van der Waals surface area contributed by atoms with Crippen molar-refractivity contribution in [2.24, 2.45) is 0 Å². The number of fused-ring (bicyclic) bond motifs is 2. The maximum Gasteiger partial charge on any atom is 0.411 e. The molecule has 2 aliphatic heterocycles. The Kier molecular flexibility index (Phi) is 4.43. The molecule has 6 nitrogen and oxygen atoms in total. The minimum atomic E-state index is -0.264. The first-order valence-corrected chi connectivity index (χ1v) is 8.14. The van der Waals surface area contributed by atoms with Gasteiger partial charge < -0.3 is 9.47 Å². The maximum absolute atomic E-state index is 12.2. The average Bonchev–Trinajstić information content (AvgIpc) is 2.75. The van der Waals surface area contributed by atoms with Gasteiger partial charge in [0.2, 0.25) is 5.88 Å². The smallest absolute Gasteiger partial charge is 0.411 e. The molecule has 1 fully saturated rings. The molecule has 0 saturated carbocycles. The largest absolute Gasteiger partial charge is 0.474 e. The summed E-state index contributed by atoms with van der Waals surface area (Å²) in [7, 11) is 0. The molecule has 23 heavy (non-hydrogen) atoms. The van der Waals surface area contributed by atoms with Gasteiger partial charge in [-0.2, -0.15) is 0 Å². The van der Waals surface area contributed by atoms with Gasteiger partial charge in [0.1, 0.15) is 17.6 Å². The molecular formula is C16H20ClN3O3. The second-order valence-corrected chi connectivity index (χ2v) is 6.52. The number of rotatable bonds is 3. The van der Waals surface area contributed by atoms with Crippen LogP contribution in [0, 0.1) is 6.92 Å². The Hall–Kier alpha value is -1.82. The fourth-order valence-corrected chi connectivity index (χ4v) is 3.15. The van der Waals surface area contributed by atoms with Crippen molar-refractivity contribution in [3.8, 4) is 5.88 Å². The summed E-state index contributed by atoms with van der Waals surface area (Å²) in [4.78, 5) is 22.1. The first-order chi connectivity index (χ1) is 11.0. The van der Waals surface area contributed by atoms with Crippen molar-refractivity contribution in [1.29, 1.82) is 0 Å². The quantitative estimate of drug-likeness (QED) is 0.626. The second kappa shape index (κ2) is 6.35. The highest BCUT2D eigenvalue weighted by Gasteiger charge is 2.42. The lowest BCUT2D eigenvalue weighted by molar-refractivity contribution is 0.0264. The molecule has 1 unspecified atom stereocenters. The molecule has 0 radical (unpaired) electrons. The molecule has 3 heterocycles. The van der Waals surface area contributed by atoms with Crippen LogP contribution in [-0.4, -0.2) is 45.3 Å². The number of hydrogen-bond acceptors (Lipinski definition) is 5. The molecule has 1 aromatic heterocycles. The van der Waals surface area contributed by atoms with Crippen LogP contribution in [0.5, 0.6) is 5.88 Å². The van der Waals surface area contributed by atoms with Gasteiger partial charge in [0.15, 0.2) is 0 Å². The van der Waals surface area contributed by atoms with E-state index in [-0.39, 0.29) is 30.4 Å². The van der Waals surface area contributed by atoms with E-state index in [1.807, 2.05) is 20.8 Å². The molecule has 124 valence electrons. The SMILES string of the molecule is Cc1c(Cl)ncnc1O[C@@H]1CC2C=C[C@@H](C1)N2C(=O)OC(C)C. The molecule has 0 aromatic carbocycles. The first-order valence-electron chi connectivity index (χ1n) is 7.76. The van der Waals surface area contributed by atoms with Gasteiger partial charge in [-0.15, -0.1) is 0 Å². The molecule has 0 N–H and O–H groups in total. The Labute approximate surface area is 140 Å². The highest BCUT2D eigenvalue weighted by molar-refractivity contribution is 6.30. The fourth-order valence-electron chi connectivity index (χ4n) is 3.03. The summed E-state index contributed by atoms with van der Waals surface area (Å²) in [6, 6.07) is 0.00484. The van der Waals surface area contributed by atoms with Crippen molar-refractivity contribution >= 4 is 17.7 Å². The number of piperidine rings is 1. The van der Waals surface area contributed by atoms with Crippen molar-refractivity contribution in [3.63, 3.8) is 0 Å². The number of ether oxygens (including phenoxy) is 2. The number of hydrogen-bond donors (Lipinski definition) is 0. The van der Waals surface area contributed by atoms with E-state index in [9.17, 15) is 4.79 Å². The normalized spacial score (nSPS) is 25.8. The van der Waals surface area contributed by atoms with Crippen LogP contribution in [0.4, 0.5) is 4.79 Å². The van der Waals surface area contributed by atoms with E-state index in [4.69, 9.17) is 21.1 Å². The topological polar surface area (TPSA) is 64.6 Å². The highest BCUT2D eigenvalue weighted by Crippen LogP contribution is 2.34. The molecule has 0 aliphatic carbocycles. The van der Waals surface area contributed by atoms with E-state index in [1.54, 1.807) is 4.90 Å². The molecule has 1 amide bonds. The van der Waals surface area contributed by atoms with Crippen molar-refractivity contribution < 1.29 is 14.3 Å². The van der Waals surface area contributed by atoms with Gasteiger partial charge in [-0.25, -0.2) is 14.8 Å². The molecule has 2 aliphatic rings. The lowest BCUT2D eigenvalue weighted by Gasteiger charge is -2.38.